The first-order valence-electron chi connectivity index (χ1n) is 7.77. The van der Waals surface area contributed by atoms with Gasteiger partial charge >= 0.3 is 0 Å². The fourth-order valence-electron chi connectivity index (χ4n) is 2.95. The van der Waals surface area contributed by atoms with Crippen LogP contribution in [0.1, 0.15) is 39.5 Å². The van der Waals surface area contributed by atoms with Crippen molar-refractivity contribution in [2.24, 2.45) is 0 Å². The average Bonchev–Trinajstić information content (AvgIpc) is 2.52. The molecule has 2 heterocycles. The Morgan fingerprint density at radius 3 is 3.05 bits per heavy atom. The molecular formula is C16H27N3O. The van der Waals surface area contributed by atoms with Gasteiger partial charge < -0.3 is 15.0 Å². The number of nitrogens with zero attached hydrogens (tertiary/aromatic N) is 2. The fourth-order valence-corrected chi connectivity index (χ4v) is 2.95. The number of anilines is 1. The Morgan fingerprint density at radius 1 is 1.45 bits per heavy atom. The number of nitrogens with one attached hydrogen (secondary N) is 1. The van der Waals surface area contributed by atoms with Crippen LogP contribution in [0.2, 0.25) is 0 Å². The van der Waals surface area contributed by atoms with E-state index in [0.717, 1.165) is 18.9 Å². The second-order valence-electron chi connectivity index (χ2n) is 5.54. The smallest absolute Gasteiger partial charge is 0.214 e. The van der Waals surface area contributed by atoms with Crippen LogP contribution in [0.3, 0.4) is 0 Å². The van der Waals surface area contributed by atoms with Crippen molar-refractivity contribution in [2.75, 3.05) is 25.1 Å². The Kier molecular flexibility index (Phi) is 5.65. The lowest BCUT2D eigenvalue weighted by Gasteiger charge is -2.40. The highest BCUT2D eigenvalue weighted by Gasteiger charge is 2.28. The van der Waals surface area contributed by atoms with Gasteiger partial charge in [-0.3, -0.25) is 0 Å². The summed E-state index contributed by atoms with van der Waals surface area (Å²) in [7, 11) is 1.67. The highest BCUT2D eigenvalue weighted by molar-refractivity contribution is 5.43. The second kappa shape index (κ2) is 7.48. The van der Waals surface area contributed by atoms with E-state index in [9.17, 15) is 0 Å². The molecule has 1 aliphatic rings. The van der Waals surface area contributed by atoms with Gasteiger partial charge in [-0.05, 0) is 45.2 Å². The van der Waals surface area contributed by atoms with Gasteiger partial charge in [0, 0.05) is 24.7 Å². The van der Waals surface area contributed by atoms with Gasteiger partial charge in [0.25, 0.3) is 0 Å². The Bertz CT molecular complexity index is 410. The first-order valence-corrected chi connectivity index (χ1v) is 7.77. The Morgan fingerprint density at radius 2 is 2.30 bits per heavy atom. The summed E-state index contributed by atoms with van der Waals surface area (Å²) in [5.74, 6) is 1.74. The minimum absolute atomic E-state index is 0.489. The highest BCUT2D eigenvalue weighted by Crippen LogP contribution is 2.26. The molecule has 1 aliphatic heterocycles. The maximum absolute atomic E-state index is 5.25. The second-order valence-corrected chi connectivity index (χ2v) is 5.54. The van der Waals surface area contributed by atoms with Crippen LogP contribution in [0.4, 0.5) is 5.82 Å². The zero-order valence-electron chi connectivity index (χ0n) is 12.9. The number of rotatable bonds is 6. The van der Waals surface area contributed by atoms with E-state index in [0.29, 0.717) is 18.0 Å². The van der Waals surface area contributed by atoms with Crippen molar-refractivity contribution in [3.8, 4) is 5.88 Å². The van der Waals surface area contributed by atoms with Gasteiger partial charge in [-0.25, -0.2) is 0 Å². The molecule has 0 bridgehead atoms. The van der Waals surface area contributed by atoms with Crippen LogP contribution in [0.15, 0.2) is 18.2 Å². The van der Waals surface area contributed by atoms with Crippen LogP contribution in [0, 0.1) is 0 Å². The third-order valence-electron chi connectivity index (χ3n) is 4.05. The molecule has 2 unspecified atom stereocenters. The van der Waals surface area contributed by atoms with Crippen LogP contribution >= 0.6 is 0 Å². The normalized spacial score (nSPS) is 20.8. The maximum atomic E-state index is 5.25. The first kappa shape index (κ1) is 15.1. The van der Waals surface area contributed by atoms with Crippen molar-refractivity contribution in [1.29, 1.82) is 0 Å². The number of pyridine rings is 1. The van der Waals surface area contributed by atoms with Crippen molar-refractivity contribution in [1.82, 2.24) is 10.3 Å². The molecule has 112 valence electrons. The van der Waals surface area contributed by atoms with Gasteiger partial charge in [0.05, 0.1) is 7.11 Å². The van der Waals surface area contributed by atoms with E-state index in [1.807, 2.05) is 12.1 Å². The van der Waals surface area contributed by atoms with E-state index in [1.54, 1.807) is 7.11 Å². The summed E-state index contributed by atoms with van der Waals surface area (Å²) in [6, 6.07) is 7.03. The molecule has 0 amide bonds. The first-order chi connectivity index (χ1) is 9.76. The van der Waals surface area contributed by atoms with E-state index in [4.69, 9.17) is 4.74 Å². The van der Waals surface area contributed by atoms with Crippen molar-refractivity contribution < 1.29 is 4.74 Å². The molecule has 0 radical (unpaired) electrons. The fraction of sp³-hybridized carbons (Fsp3) is 0.688. The number of methoxy groups -OCH3 is 1. The SMILES string of the molecule is CCCNC(C)C1CCCCN1c1cccc(OC)n1. The molecule has 0 aliphatic carbocycles. The number of ether oxygens (including phenoxy) is 1. The summed E-state index contributed by atoms with van der Waals surface area (Å²) in [5.41, 5.74) is 0. The number of piperidine rings is 1. The van der Waals surface area contributed by atoms with E-state index < -0.39 is 0 Å². The lowest BCUT2D eigenvalue weighted by Crippen LogP contribution is -2.51. The predicted molar refractivity (Wildman–Crippen MR) is 83.5 cm³/mol. The van der Waals surface area contributed by atoms with Crippen LogP contribution in [0.25, 0.3) is 0 Å². The summed E-state index contributed by atoms with van der Waals surface area (Å²) in [6.07, 6.45) is 4.96. The zero-order valence-corrected chi connectivity index (χ0v) is 12.9. The van der Waals surface area contributed by atoms with Gasteiger partial charge in [-0.1, -0.05) is 13.0 Å². The van der Waals surface area contributed by atoms with E-state index in [2.05, 4.69) is 35.1 Å². The molecule has 0 spiro atoms. The third-order valence-corrected chi connectivity index (χ3v) is 4.05. The van der Waals surface area contributed by atoms with Crippen molar-refractivity contribution in [3.63, 3.8) is 0 Å². The summed E-state index contributed by atoms with van der Waals surface area (Å²) in [4.78, 5) is 7.05. The van der Waals surface area contributed by atoms with Crippen molar-refractivity contribution in [2.45, 2.75) is 51.6 Å². The van der Waals surface area contributed by atoms with Gasteiger partial charge in [0.2, 0.25) is 5.88 Å². The number of hydrogen-bond donors (Lipinski definition) is 1. The summed E-state index contributed by atoms with van der Waals surface area (Å²) in [6.45, 7) is 6.67. The molecule has 1 N–H and O–H groups in total. The minimum Gasteiger partial charge on any atom is -0.481 e. The molecule has 2 rings (SSSR count). The van der Waals surface area contributed by atoms with Gasteiger partial charge in [-0.2, -0.15) is 4.98 Å². The number of aromatic nitrogens is 1. The van der Waals surface area contributed by atoms with Crippen LogP contribution in [-0.2, 0) is 0 Å². The molecule has 20 heavy (non-hydrogen) atoms. The van der Waals surface area contributed by atoms with Crippen LogP contribution in [-0.4, -0.2) is 37.3 Å². The monoisotopic (exact) mass is 277 g/mol. The molecule has 1 fully saturated rings. The maximum Gasteiger partial charge on any atom is 0.214 e. The molecule has 2 atom stereocenters. The van der Waals surface area contributed by atoms with Crippen LogP contribution in [0.5, 0.6) is 5.88 Å². The van der Waals surface area contributed by atoms with Crippen molar-refractivity contribution in [3.05, 3.63) is 18.2 Å². The number of hydrogen-bond acceptors (Lipinski definition) is 4. The van der Waals surface area contributed by atoms with Gasteiger partial charge in [0.15, 0.2) is 0 Å². The van der Waals surface area contributed by atoms with E-state index >= 15 is 0 Å². The summed E-state index contributed by atoms with van der Waals surface area (Å²) >= 11 is 0. The lowest BCUT2D eigenvalue weighted by atomic mass is 9.96. The van der Waals surface area contributed by atoms with Crippen LogP contribution < -0.4 is 15.0 Å². The standard InChI is InChI=1S/C16H27N3O/c1-4-11-17-13(2)14-8-5-6-12-19(14)15-9-7-10-16(18-15)20-3/h7,9-10,13-14,17H,4-6,8,11-12H2,1-3H3. The molecule has 0 aromatic carbocycles. The minimum atomic E-state index is 0.489. The Balaban J connectivity index is 2.13. The largest absolute Gasteiger partial charge is 0.481 e. The topological polar surface area (TPSA) is 37.4 Å². The third kappa shape index (κ3) is 3.63. The zero-order chi connectivity index (χ0) is 14.4. The summed E-state index contributed by atoms with van der Waals surface area (Å²) < 4.78 is 5.25. The van der Waals surface area contributed by atoms with Gasteiger partial charge in [-0.15, -0.1) is 0 Å². The van der Waals surface area contributed by atoms with E-state index in [-0.39, 0.29) is 0 Å². The van der Waals surface area contributed by atoms with Crippen molar-refractivity contribution >= 4 is 5.82 Å². The lowest BCUT2D eigenvalue weighted by molar-refractivity contribution is 0.362. The average molecular weight is 277 g/mol. The molecule has 0 saturated carbocycles. The molecule has 1 saturated heterocycles. The molecular weight excluding hydrogens is 250 g/mol. The quantitative estimate of drug-likeness (QED) is 0.867. The Labute approximate surface area is 122 Å². The van der Waals surface area contributed by atoms with Gasteiger partial charge in [0.1, 0.15) is 5.82 Å². The molecule has 4 nitrogen and oxygen atoms in total. The summed E-state index contributed by atoms with van der Waals surface area (Å²) in [5, 5.41) is 3.63. The highest BCUT2D eigenvalue weighted by atomic mass is 16.5. The van der Waals surface area contributed by atoms with E-state index in [1.165, 1.54) is 25.7 Å². The molecule has 1 aromatic rings. The predicted octanol–water partition coefficient (Wildman–Crippen LogP) is 2.84. The molecule has 1 aromatic heterocycles. The Hall–Kier alpha value is -1.29. The molecule has 4 heteroatoms.